The molecule has 5 heteroatoms. The number of hydrogen-bond acceptors (Lipinski definition) is 5. The Hall–Kier alpha value is -1.36. The lowest BCUT2D eigenvalue weighted by molar-refractivity contribution is 0.292. The highest BCUT2D eigenvalue weighted by molar-refractivity contribution is 5.46. The highest BCUT2D eigenvalue weighted by Gasteiger charge is 2.13. The van der Waals surface area contributed by atoms with Gasteiger partial charge in [0.05, 0.1) is 0 Å². The van der Waals surface area contributed by atoms with Crippen LogP contribution in [0.15, 0.2) is 12.4 Å². The molecule has 1 aromatic rings. The van der Waals surface area contributed by atoms with Crippen LogP contribution < -0.4 is 10.6 Å². The second kappa shape index (κ2) is 7.16. The van der Waals surface area contributed by atoms with Crippen LogP contribution in [0.5, 0.6) is 0 Å². The van der Waals surface area contributed by atoms with Gasteiger partial charge in [-0.3, -0.25) is 0 Å². The zero-order valence-electron chi connectivity index (χ0n) is 10.7. The minimum absolute atomic E-state index is 0.200. The second-order valence-electron chi connectivity index (χ2n) is 4.77. The van der Waals surface area contributed by atoms with E-state index >= 15 is 0 Å². The molecular weight excluding hydrogens is 228 g/mol. The smallest absolute Gasteiger partial charge is 0.131 e. The maximum absolute atomic E-state index is 8.73. The molecule has 1 aliphatic carbocycles. The summed E-state index contributed by atoms with van der Waals surface area (Å²) in [6.07, 6.45) is 8.75. The first-order valence-electron chi connectivity index (χ1n) is 6.82. The van der Waals surface area contributed by atoms with Crippen molar-refractivity contribution in [2.45, 2.75) is 44.6 Å². The molecular formula is C13H22N4O. The summed E-state index contributed by atoms with van der Waals surface area (Å²) in [7, 11) is 0. The quantitative estimate of drug-likeness (QED) is 0.674. The van der Waals surface area contributed by atoms with Gasteiger partial charge in [-0.15, -0.1) is 0 Å². The molecule has 5 nitrogen and oxygen atoms in total. The van der Waals surface area contributed by atoms with E-state index in [2.05, 4.69) is 20.6 Å². The van der Waals surface area contributed by atoms with Crippen molar-refractivity contribution in [2.24, 2.45) is 0 Å². The zero-order chi connectivity index (χ0) is 12.6. The zero-order valence-corrected chi connectivity index (χ0v) is 10.7. The van der Waals surface area contributed by atoms with Crippen LogP contribution in [-0.4, -0.2) is 34.3 Å². The Labute approximate surface area is 108 Å². The topological polar surface area (TPSA) is 70.1 Å². The molecule has 0 bridgehead atoms. The van der Waals surface area contributed by atoms with Gasteiger partial charge in [0.25, 0.3) is 0 Å². The Morgan fingerprint density at radius 2 is 1.94 bits per heavy atom. The van der Waals surface area contributed by atoms with Crippen molar-refractivity contribution in [1.29, 1.82) is 0 Å². The van der Waals surface area contributed by atoms with Crippen molar-refractivity contribution in [1.82, 2.24) is 9.97 Å². The number of hydrogen-bond donors (Lipinski definition) is 3. The van der Waals surface area contributed by atoms with Gasteiger partial charge in [0, 0.05) is 25.3 Å². The van der Waals surface area contributed by atoms with E-state index in [9.17, 15) is 0 Å². The first-order valence-corrected chi connectivity index (χ1v) is 6.82. The summed E-state index contributed by atoms with van der Waals surface area (Å²) in [6, 6.07) is 2.49. The third kappa shape index (κ3) is 4.14. The molecule has 2 rings (SSSR count). The Bertz CT molecular complexity index is 353. The van der Waals surface area contributed by atoms with Crippen LogP contribution in [0.4, 0.5) is 11.6 Å². The average Bonchev–Trinajstić information content (AvgIpc) is 2.41. The number of anilines is 2. The van der Waals surface area contributed by atoms with Crippen molar-refractivity contribution < 1.29 is 5.11 Å². The predicted octanol–water partition coefficient (Wildman–Crippen LogP) is 2.02. The van der Waals surface area contributed by atoms with Crippen molar-refractivity contribution in [3.63, 3.8) is 0 Å². The fourth-order valence-electron chi connectivity index (χ4n) is 2.28. The third-order valence-corrected chi connectivity index (χ3v) is 3.27. The van der Waals surface area contributed by atoms with Gasteiger partial charge < -0.3 is 15.7 Å². The number of nitrogens with zero attached hydrogens (tertiary/aromatic N) is 2. The van der Waals surface area contributed by atoms with E-state index in [0.717, 1.165) is 24.6 Å². The molecule has 0 amide bonds. The maximum Gasteiger partial charge on any atom is 0.131 e. The van der Waals surface area contributed by atoms with Gasteiger partial charge in [-0.1, -0.05) is 19.3 Å². The van der Waals surface area contributed by atoms with Crippen LogP contribution >= 0.6 is 0 Å². The molecule has 0 saturated heterocycles. The molecule has 18 heavy (non-hydrogen) atoms. The minimum atomic E-state index is 0.200. The number of aromatic nitrogens is 2. The lowest BCUT2D eigenvalue weighted by Gasteiger charge is -2.23. The Morgan fingerprint density at radius 1 is 1.17 bits per heavy atom. The summed E-state index contributed by atoms with van der Waals surface area (Å²) < 4.78 is 0. The van der Waals surface area contributed by atoms with Crippen molar-refractivity contribution in [3.05, 3.63) is 12.4 Å². The van der Waals surface area contributed by atoms with E-state index in [1.165, 1.54) is 32.1 Å². The van der Waals surface area contributed by atoms with Gasteiger partial charge in [0.15, 0.2) is 0 Å². The summed E-state index contributed by atoms with van der Waals surface area (Å²) in [5.41, 5.74) is 0. The summed E-state index contributed by atoms with van der Waals surface area (Å²) in [4.78, 5) is 8.41. The highest BCUT2D eigenvalue weighted by Crippen LogP contribution is 2.21. The van der Waals surface area contributed by atoms with E-state index in [0.29, 0.717) is 6.04 Å². The fraction of sp³-hybridized carbons (Fsp3) is 0.692. The van der Waals surface area contributed by atoms with E-state index in [-0.39, 0.29) is 6.61 Å². The summed E-state index contributed by atoms with van der Waals surface area (Å²) >= 11 is 0. The number of aliphatic hydroxyl groups excluding tert-OH is 1. The Kier molecular flexibility index (Phi) is 5.20. The maximum atomic E-state index is 8.73. The molecule has 0 aliphatic heterocycles. The van der Waals surface area contributed by atoms with Crippen LogP contribution in [0.25, 0.3) is 0 Å². The predicted molar refractivity (Wildman–Crippen MR) is 72.7 cm³/mol. The fourth-order valence-corrected chi connectivity index (χ4v) is 2.28. The van der Waals surface area contributed by atoms with Gasteiger partial charge in [-0.05, 0) is 19.3 Å². The first kappa shape index (κ1) is 13.1. The highest BCUT2D eigenvalue weighted by atomic mass is 16.3. The number of nitrogens with one attached hydrogen (secondary N) is 2. The van der Waals surface area contributed by atoms with E-state index < -0.39 is 0 Å². The molecule has 3 N–H and O–H groups in total. The largest absolute Gasteiger partial charge is 0.396 e. The van der Waals surface area contributed by atoms with E-state index in [1.807, 2.05) is 6.07 Å². The average molecular weight is 250 g/mol. The van der Waals surface area contributed by atoms with Crippen LogP contribution in [0.3, 0.4) is 0 Å². The Morgan fingerprint density at radius 3 is 2.72 bits per heavy atom. The lowest BCUT2D eigenvalue weighted by Crippen LogP contribution is -2.22. The van der Waals surface area contributed by atoms with Gasteiger partial charge in [0.1, 0.15) is 18.0 Å². The standard InChI is InChI=1S/C13H22N4O/c18-8-4-7-14-12-9-13(16-10-15-12)17-11-5-2-1-3-6-11/h9-11,18H,1-8H2,(H2,14,15,16,17). The molecule has 0 aromatic carbocycles. The van der Waals surface area contributed by atoms with E-state index in [4.69, 9.17) is 5.11 Å². The molecule has 1 fully saturated rings. The van der Waals surface area contributed by atoms with Gasteiger partial charge in [0.2, 0.25) is 0 Å². The van der Waals surface area contributed by atoms with Crippen LogP contribution in [-0.2, 0) is 0 Å². The normalized spacial score (nSPS) is 16.5. The SMILES string of the molecule is OCCCNc1cc(NC2CCCCC2)ncn1. The summed E-state index contributed by atoms with van der Waals surface area (Å²) in [5.74, 6) is 1.71. The first-order chi connectivity index (χ1) is 8.88. The molecule has 0 unspecified atom stereocenters. The monoisotopic (exact) mass is 250 g/mol. The Balaban J connectivity index is 1.85. The summed E-state index contributed by atoms with van der Waals surface area (Å²) in [5, 5.41) is 15.4. The van der Waals surface area contributed by atoms with Gasteiger partial charge in [-0.25, -0.2) is 9.97 Å². The van der Waals surface area contributed by atoms with Crippen molar-refractivity contribution in [3.8, 4) is 0 Å². The van der Waals surface area contributed by atoms with Gasteiger partial charge >= 0.3 is 0 Å². The van der Waals surface area contributed by atoms with Gasteiger partial charge in [-0.2, -0.15) is 0 Å². The van der Waals surface area contributed by atoms with Crippen molar-refractivity contribution in [2.75, 3.05) is 23.8 Å². The summed E-state index contributed by atoms with van der Waals surface area (Å²) in [6.45, 7) is 0.932. The van der Waals surface area contributed by atoms with E-state index in [1.54, 1.807) is 6.33 Å². The molecule has 0 atom stereocenters. The molecule has 0 radical (unpaired) electrons. The van der Waals surface area contributed by atoms with Crippen molar-refractivity contribution >= 4 is 11.6 Å². The lowest BCUT2D eigenvalue weighted by atomic mass is 9.95. The molecule has 1 heterocycles. The molecule has 100 valence electrons. The molecule has 1 saturated carbocycles. The third-order valence-electron chi connectivity index (χ3n) is 3.27. The van der Waals surface area contributed by atoms with Crippen LogP contribution in [0.2, 0.25) is 0 Å². The molecule has 0 spiro atoms. The number of rotatable bonds is 6. The number of aliphatic hydroxyl groups is 1. The second-order valence-corrected chi connectivity index (χ2v) is 4.77. The molecule has 1 aliphatic rings. The molecule has 1 aromatic heterocycles. The van der Waals surface area contributed by atoms with Crippen LogP contribution in [0, 0.1) is 0 Å². The van der Waals surface area contributed by atoms with Crippen LogP contribution in [0.1, 0.15) is 38.5 Å². The minimum Gasteiger partial charge on any atom is -0.396 e.